The van der Waals surface area contributed by atoms with Crippen molar-refractivity contribution < 1.29 is 0 Å². The molecule has 0 atom stereocenters. The lowest BCUT2D eigenvalue weighted by atomic mass is 10.4. The Bertz CT molecular complexity index is 395. The van der Waals surface area contributed by atoms with Gasteiger partial charge >= 0.3 is 0 Å². The molecule has 15 heavy (non-hydrogen) atoms. The molecule has 0 fully saturated rings. The quantitative estimate of drug-likeness (QED) is 0.592. The van der Waals surface area contributed by atoms with Crippen LogP contribution in [0.1, 0.15) is 0 Å². The highest BCUT2D eigenvalue weighted by atomic mass is 35.5. The lowest BCUT2D eigenvalue weighted by molar-refractivity contribution is 0.929. The lowest BCUT2D eigenvalue weighted by Crippen LogP contribution is -2.25. The number of hydrogen-bond donors (Lipinski definition) is 1. The van der Waals surface area contributed by atoms with E-state index < -0.39 is 0 Å². The van der Waals surface area contributed by atoms with E-state index in [0.717, 1.165) is 0 Å². The summed E-state index contributed by atoms with van der Waals surface area (Å²) in [6, 6.07) is 5.29. The predicted octanol–water partition coefficient (Wildman–Crippen LogP) is 0.566. The molecule has 1 rings (SSSR count). The van der Waals surface area contributed by atoms with Gasteiger partial charge in [0.2, 0.25) is 5.95 Å². The molecule has 6 nitrogen and oxygen atoms in total. The summed E-state index contributed by atoms with van der Waals surface area (Å²) in [6.45, 7) is 0.0840. The van der Waals surface area contributed by atoms with Crippen molar-refractivity contribution in [2.24, 2.45) is 0 Å². The number of nitrogens with zero attached hydrogens (tertiary/aromatic N) is 5. The highest BCUT2D eigenvalue weighted by Gasteiger charge is 2.09. The normalized spacial score (nSPS) is 9.00. The first-order valence-corrected chi connectivity index (χ1v) is 4.34. The van der Waals surface area contributed by atoms with E-state index in [1.807, 2.05) is 12.1 Å². The van der Waals surface area contributed by atoms with E-state index >= 15 is 0 Å². The zero-order chi connectivity index (χ0) is 11.3. The first-order valence-electron chi connectivity index (χ1n) is 3.96. The van der Waals surface area contributed by atoms with Crippen molar-refractivity contribution in [3.63, 3.8) is 0 Å². The van der Waals surface area contributed by atoms with Gasteiger partial charge in [-0.2, -0.15) is 15.5 Å². The second kappa shape index (κ2) is 4.99. The molecular formula is C8H7ClN6. The number of anilines is 2. The maximum absolute atomic E-state index is 8.55. The van der Waals surface area contributed by atoms with Crippen molar-refractivity contribution in [3.8, 4) is 12.1 Å². The molecule has 1 heterocycles. The maximum Gasteiger partial charge on any atom is 0.223 e. The van der Waals surface area contributed by atoms with Crippen LogP contribution in [0.3, 0.4) is 0 Å². The number of rotatable bonds is 3. The lowest BCUT2D eigenvalue weighted by Gasteiger charge is -2.16. The third-order valence-corrected chi connectivity index (χ3v) is 1.74. The van der Waals surface area contributed by atoms with Crippen molar-refractivity contribution >= 4 is 23.4 Å². The molecule has 7 heteroatoms. The van der Waals surface area contributed by atoms with Gasteiger partial charge in [0.15, 0.2) is 0 Å². The van der Waals surface area contributed by atoms with E-state index in [4.69, 9.17) is 27.9 Å². The molecule has 2 N–H and O–H groups in total. The van der Waals surface area contributed by atoms with Crippen molar-refractivity contribution in [1.82, 2.24) is 9.97 Å². The van der Waals surface area contributed by atoms with Gasteiger partial charge in [0.25, 0.3) is 0 Å². The zero-order valence-corrected chi connectivity index (χ0v) is 8.44. The van der Waals surface area contributed by atoms with Crippen LogP contribution in [0.5, 0.6) is 0 Å². The Morgan fingerprint density at radius 1 is 1.33 bits per heavy atom. The largest absolute Gasteiger partial charge is 0.368 e. The Balaban J connectivity index is 3.01. The Morgan fingerprint density at radius 3 is 2.40 bits per heavy atom. The van der Waals surface area contributed by atoms with Crippen LogP contribution in [0.4, 0.5) is 11.8 Å². The van der Waals surface area contributed by atoms with Gasteiger partial charge in [-0.1, -0.05) is 11.6 Å². The number of nitrogens with two attached hydrogens (primary N) is 1. The second-order valence-electron chi connectivity index (χ2n) is 2.58. The van der Waals surface area contributed by atoms with E-state index in [2.05, 4.69) is 9.97 Å². The molecule has 1 aromatic rings. The molecule has 0 unspecified atom stereocenters. The summed E-state index contributed by atoms with van der Waals surface area (Å²) in [7, 11) is 0. The topological polar surface area (TPSA) is 103 Å². The third kappa shape index (κ3) is 2.97. The van der Waals surface area contributed by atoms with Crippen LogP contribution in [0, 0.1) is 22.7 Å². The van der Waals surface area contributed by atoms with Gasteiger partial charge in [0.1, 0.15) is 24.1 Å². The number of nitriles is 2. The molecule has 0 aliphatic carbocycles. The monoisotopic (exact) mass is 222 g/mol. The predicted molar refractivity (Wildman–Crippen MR) is 54.9 cm³/mol. The molecule has 0 saturated carbocycles. The highest BCUT2D eigenvalue weighted by molar-refractivity contribution is 6.29. The van der Waals surface area contributed by atoms with Crippen LogP contribution in [-0.4, -0.2) is 23.1 Å². The van der Waals surface area contributed by atoms with Gasteiger partial charge in [-0.25, -0.2) is 4.98 Å². The molecule has 0 saturated heterocycles. The number of halogens is 1. The van der Waals surface area contributed by atoms with Crippen molar-refractivity contribution in [1.29, 1.82) is 10.5 Å². The minimum absolute atomic E-state index is 0.0124. The minimum atomic E-state index is 0.0124. The smallest absolute Gasteiger partial charge is 0.223 e. The number of aromatic nitrogens is 2. The second-order valence-corrected chi connectivity index (χ2v) is 2.97. The van der Waals surface area contributed by atoms with Crippen molar-refractivity contribution in [2.45, 2.75) is 0 Å². The van der Waals surface area contributed by atoms with Gasteiger partial charge in [-0.15, -0.1) is 0 Å². The van der Waals surface area contributed by atoms with Crippen LogP contribution in [0.2, 0.25) is 5.15 Å². The molecule has 0 aliphatic rings. The number of nitrogen functional groups attached to an aromatic ring is 1. The first kappa shape index (κ1) is 11.0. The Labute approximate surface area is 91.5 Å². The van der Waals surface area contributed by atoms with Gasteiger partial charge in [-0.05, 0) is 0 Å². The van der Waals surface area contributed by atoms with Crippen molar-refractivity contribution in [2.75, 3.05) is 23.7 Å². The fraction of sp³-hybridized carbons (Fsp3) is 0.250. The van der Waals surface area contributed by atoms with Crippen LogP contribution < -0.4 is 10.6 Å². The highest BCUT2D eigenvalue weighted by Crippen LogP contribution is 2.16. The fourth-order valence-corrected chi connectivity index (χ4v) is 1.16. The Morgan fingerprint density at radius 2 is 1.93 bits per heavy atom. The van der Waals surface area contributed by atoms with Gasteiger partial charge in [-0.3, -0.25) is 0 Å². The average molecular weight is 223 g/mol. The molecular weight excluding hydrogens is 216 g/mol. The van der Waals surface area contributed by atoms with Gasteiger partial charge in [0.05, 0.1) is 12.1 Å². The first-order chi connectivity index (χ1) is 7.17. The van der Waals surface area contributed by atoms with Crippen LogP contribution >= 0.6 is 11.6 Å². The van der Waals surface area contributed by atoms with E-state index in [0.29, 0.717) is 5.82 Å². The summed E-state index contributed by atoms with van der Waals surface area (Å²) in [5.74, 6) is 0.383. The fourth-order valence-electron chi connectivity index (χ4n) is 0.973. The summed E-state index contributed by atoms with van der Waals surface area (Å²) in [4.78, 5) is 9.00. The number of hydrogen-bond acceptors (Lipinski definition) is 6. The molecule has 0 spiro atoms. The minimum Gasteiger partial charge on any atom is -0.368 e. The summed E-state index contributed by atoms with van der Waals surface area (Å²) in [5.41, 5.74) is 5.39. The zero-order valence-electron chi connectivity index (χ0n) is 7.68. The van der Waals surface area contributed by atoms with Gasteiger partial charge in [0, 0.05) is 6.07 Å². The third-order valence-electron chi connectivity index (χ3n) is 1.55. The van der Waals surface area contributed by atoms with E-state index in [9.17, 15) is 0 Å². The maximum atomic E-state index is 8.55. The summed E-state index contributed by atoms with van der Waals surface area (Å²) < 4.78 is 0. The molecule has 0 radical (unpaired) electrons. The SMILES string of the molecule is N#CCN(CC#N)c1cc(Cl)nc(N)n1. The molecule has 0 aliphatic heterocycles. The molecule has 76 valence electrons. The molecule has 0 amide bonds. The standard InChI is InChI=1S/C8H7ClN6/c9-6-5-7(14-8(12)13-6)15(3-1-10)4-2-11/h5H,3-4H2,(H2,12,13,14). The molecule has 0 aromatic carbocycles. The Hall–Kier alpha value is -2.05. The molecule has 1 aromatic heterocycles. The average Bonchev–Trinajstić information content (AvgIpc) is 2.16. The Kier molecular flexibility index (Phi) is 3.67. The van der Waals surface area contributed by atoms with E-state index in [-0.39, 0.29) is 24.2 Å². The van der Waals surface area contributed by atoms with Crippen LogP contribution in [-0.2, 0) is 0 Å². The van der Waals surface area contributed by atoms with E-state index in [1.165, 1.54) is 11.0 Å². The van der Waals surface area contributed by atoms with Crippen LogP contribution in [0.15, 0.2) is 6.07 Å². The summed E-state index contributed by atoms with van der Waals surface area (Å²) >= 11 is 5.67. The molecule has 0 bridgehead atoms. The van der Waals surface area contributed by atoms with E-state index in [1.54, 1.807) is 0 Å². The summed E-state index contributed by atoms with van der Waals surface area (Å²) in [6.07, 6.45) is 0. The van der Waals surface area contributed by atoms with Crippen molar-refractivity contribution in [3.05, 3.63) is 11.2 Å². The van der Waals surface area contributed by atoms with Gasteiger partial charge < -0.3 is 10.6 Å². The van der Waals surface area contributed by atoms with Crippen LogP contribution in [0.25, 0.3) is 0 Å². The summed E-state index contributed by atoms with van der Waals surface area (Å²) in [5, 5.41) is 17.3.